The van der Waals surface area contributed by atoms with Gasteiger partial charge in [-0.3, -0.25) is 19.3 Å². The molecule has 0 N–H and O–H groups in total. The topological polar surface area (TPSA) is 79.8 Å². The first kappa shape index (κ1) is 25.9. The molecule has 36 heavy (non-hydrogen) atoms. The molecule has 0 spiro atoms. The van der Waals surface area contributed by atoms with Crippen molar-refractivity contribution in [2.24, 2.45) is 5.41 Å². The van der Waals surface area contributed by atoms with E-state index in [0.29, 0.717) is 24.8 Å². The fourth-order valence-corrected chi connectivity index (χ4v) is 5.14. The summed E-state index contributed by atoms with van der Waals surface area (Å²) in [7, 11) is 1.27. The van der Waals surface area contributed by atoms with Crippen molar-refractivity contribution in [1.82, 2.24) is 9.88 Å². The first-order chi connectivity index (χ1) is 17.1. The Morgan fingerprint density at radius 2 is 1.94 bits per heavy atom. The van der Waals surface area contributed by atoms with Gasteiger partial charge in [-0.15, -0.1) is 0 Å². The fraction of sp³-hybridized carbons (Fsp3) is 0.440. The van der Waals surface area contributed by atoms with E-state index in [0.717, 1.165) is 17.4 Å². The summed E-state index contributed by atoms with van der Waals surface area (Å²) in [6.45, 7) is -0.438. The third-order valence-electron chi connectivity index (χ3n) is 7.04. The van der Waals surface area contributed by atoms with E-state index in [-0.39, 0.29) is 29.4 Å². The summed E-state index contributed by atoms with van der Waals surface area (Å²) in [5.74, 6) is -2.54. The van der Waals surface area contributed by atoms with Crippen LogP contribution in [0, 0.1) is 11.2 Å². The molecule has 192 valence electrons. The number of carbonyl (C=O) groups is 3. The number of carbonyl (C=O) groups excluding carboxylic acids is 3. The predicted octanol–water partition coefficient (Wildman–Crippen LogP) is 4.68. The van der Waals surface area contributed by atoms with Crippen molar-refractivity contribution < 1.29 is 32.3 Å². The monoisotopic (exact) mass is 523 g/mol. The molecular weight excluding hydrogens is 499 g/mol. The Labute approximate surface area is 211 Å². The Morgan fingerprint density at radius 1 is 1.25 bits per heavy atom. The third-order valence-corrected chi connectivity index (χ3v) is 7.24. The maximum atomic E-state index is 14.7. The van der Waals surface area contributed by atoms with Crippen LogP contribution in [0.4, 0.5) is 19.0 Å². The Balaban J connectivity index is 1.70. The molecule has 0 radical (unpaired) electrons. The molecule has 1 saturated heterocycles. The molecule has 4 rings (SSSR count). The van der Waals surface area contributed by atoms with Crippen molar-refractivity contribution in [1.29, 1.82) is 0 Å². The van der Waals surface area contributed by atoms with Crippen molar-refractivity contribution in [3.8, 4) is 0 Å². The molecule has 1 atom stereocenters. The number of amides is 2. The number of ether oxygens (including phenoxy) is 1. The number of piperazine rings is 1. The van der Waals surface area contributed by atoms with Crippen LogP contribution in [0.1, 0.15) is 49.7 Å². The van der Waals surface area contributed by atoms with Crippen LogP contribution in [0.3, 0.4) is 0 Å². The number of benzene rings is 1. The van der Waals surface area contributed by atoms with E-state index in [4.69, 9.17) is 16.3 Å². The second-order valence-corrected chi connectivity index (χ2v) is 9.58. The van der Waals surface area contributed by atoms with Gasteiger partial charge in [-0.25, -0.2) is 18.2 Å². The van der Waals surface area contributed by atoms with E-state index in [1.807, 2.05) is 0 Å². The van der Waals surface area contributed by atoms with Crippen molar-refractivity contribution in [3.63, 3.8) is 0 Å². The van der Waals surface area contributed by atoms with Crippen molar-refractivity contribution in [2.45, 2.75) is 51.1 Å². The number of anilines is 1. The van der Waals surface area contributed by atoms with Crippen LogP contribution in [0.2, 0.25) is 5.02 Å². The van der Waals surface area contributed by atoms with Gasteiger partial charge in [0.25, 0.3) is 12.3 Å². The maximum absolute atomic E-state index is 14.7. The largest absolute Gasteiger partial charge is 0.469 e. The van der Waals surface area contributed by atoms with Crippen LogP contribution in [-0.2, 0) is 25.7 Å². The summed E-state index contributed by atoms with van der Waals surface area (Å²) >= 11 is 5.81. The minimum atomic E-state index is -2.63. The van der Waals surface area contributed by atoms with E-state index < -0.39 is 48.0 Å². The predicted molar refractivity (Wildman–Crippen MR) is 125 cm³/mol. The average Bonchev–Trinajstić information content (AvgIpc) is 2.82. The third kappa shape index (κ3) is 5.04. The van der Waals surface area contributed by atoms with Gasteiger partial charge in [0.1, 0.15) is 12.6 Å². The molecule has 1 aliphatic heterocycles. The molecule has 2 aromatic rings. The summed E-state index contributed by atoms with van der Waals surface area (Å²) < 4.78 is 45.5. The highest BCUT2D eigenvalue weighted by molar-refractivity contribution is 6.30. The molecule has 2 heterocycles. The number of esters is 1. The van der Waals surface area contributed by atoms with E-state index >= 15 is 0 Å². The second kappa shape index (κ2) is 10.5. The summed E-state index contributed by atoms with van der Waals surface area (Å²) in [5, 5.41) is 0.0472. The van der Waals surface area contributed by atoms with Crippen molar-refractivity contribution >= 4 is 35.2 Å². The van der Waals surface area contributed by atoms with Crippen LogP contribution in [0.5, 0.6) is 0 Å². The number of nitrogens with zero attached hydrogens (tertiary/aromatic N) is 3. The molecule has 0 bridgehead atoms. The van der Waals surface area contributed by atoms with Crippen LogP contribution >= 0.6 is 11.6 Å². The van der Waals surface area contributed by atoms with Crippen LogP contribution in [-0.4, -0.2) is 47.4 Å². The van der Waals surface area contributed by atoms with Gasteiger partial charge < -0.3 is 9.64 Å². The lowest BCUT2D eigenvalue weighted by molar-refractivity contribution is -0.155. The lowest BCUT2D eigenvalue weighted by atomic mass is 9.60. The summed E-state index contributed by atoms with van der Waals surface area (Å²) in [4.78, 5) is 45.6. The Bertz CT molecular complexity index is 1160. The van der Waals surface area contributed by atoms with Crippen LogP contribution < -0.4 is 4.90 Å². The summed E-state index contributed by atoms with van der Waals surface area (Å²) in [6.07, 6.45) is 0.881. The SMILES string of the molecule is COC(=O)CCC1(C2C(=O)N(c3ncc(Cl)cc3F)CC(=O)N2Cc2ccc(C(F)F)cc2)CCC1. The van der Waals surface area contributed by atoms with E-state index in [9.17, 15) is 27.6 Å². The highest BCUT2D eigenvalue weighted by Gasteiger charge is 2.55. The minimum Gasteiger partial charge on any atom is -0.469 e. The number of halogens is 4. The lowest BCUT2D eigenvalue weighted by Gasteiger charge is -2.53. The quantitative estimate of drug-likeness (QED) is 0.469. The average molecular weight is 524 g/mol. The van der Waals surface area contributed by atoms with Crippen LogP contribution in [0.25, 0.3) is 0 Å². The highest BCUT2D eigenvalue weighted by Crippen LogP contribution is 2.51. The number of pyridine rings is 1. The number of methoxy groups -OCH3 is 1. The van der Waals surface area contributed by atoms with Crippen LogP contribution in [0.15, 0.2) is 36.5 Å². The molecule has 2 aliphatic rings. The zero-order chi connectivity index (χ0) is 26.0. The molecule has 1 aliphatic carbocycles. The molecule has 1 unspecified atom stereocenters. The van der Waals surface area contributed by atoms with Gasteiger partial charge >= 0.3 is 5.97 Å². The van der Waals surface area contributed by atoms with E-state index in [2.05, 4.69) is 4.98 Å². The minimum absolute atomic E-state index is 0.00308. The lowest BCUT2D eigenvalue weighted by Crippen LogP contribution is -2.67. The van der Waals surface area contributed by atoms with Gasteiger partial charge in [0.2, 0.25) is 5.91 Å². The van der Waals surface area contributed by atoms with Crippen molar-refractivity contribution in [3.05, 3.63) is 58.5 Å². The number of hydrogen-bond acceptors (Lipinski definition) is 5. The van der Waals surface area contributed by atoms with Gasteiger partial charge in [0.05, 0.1) is 12.1 Å². The number of aromatic nitrogens is 1. The molecule has 2 fully saturated rings. The molecular formula is C25H25ClF3N3O4. The smallest absolute Gasteiger partial charge is 0.305 e. The number of alkyl halides is 2. The standard InChI is InChI=1S/C25H25ClF3N3O4/c1-36-20(34)7-10-25(8-2-9-25)21-24(35)32(23-18(27)11-17(26)12-30-23)14-19(33)31(21)13-15-3-5-16(6-4-15)22(28)29/h3-6,11-12,21-22H,2,7-10,13-14H2,1H3. The molecule has 1 saturated carbocycles. The Morgan fingerprint density at radius 3 is 2.50 bits per heavy atom. The fourth-order valence-electron chi connectivity index (χ4n) is 5.00. The Hall–Kier alpha value is -3.14. The summed E-state index contributed by atoms with van der Waals surface area (Å²) in [6, 6.07) is 5.56. The first-order valence-electron chi connectivity index (χ1n) is 11.5. The van der Waals surface area contributed by atoms with Gasteiger partial charge in [0, 0.05) is 30.1 Å². The highest BCUT2D eigenvalue weighted by atomic mass is 35.5. The van der Waals surface area contributed by atoms with Gasteiger partial charge in [-0.05, 0) is 30.9 Å². The molecule has 1 aromatic heterocycles. The summed E-state index contributed by atoms with van der Waals surface area (Å²) in [5.41, 5.74) is -0.302. The zero-order valence-corrected chi connectivity index (χ0v) is 20.3. The normalized spacial score (nSPS) is 19.4. The van der Waals surface area contributed by atoms with Gasteiger partial charge in [0.15, 0.2) is 11.6 Å². The van der Waals surface area contributed by atoms with Gasteiger partial charge in [-0.2, -0.15) is 0 Å². The maximum Gasteiger partial charge on any atom is 0.305 e. The van der Waals surface area contributed by atoms with E-state index in [1.165, 1.54) is 42.5 Å². The molecule has 2 amide bonds. The zero-order valence-electron chi connectivity index (χ0n) is 19.6. The van der Waals surface area contributed by atoms with Crippen molar-refractivity contribution in [2.75, 3.05) is 18.6 Å². The first-order valence-corrected chi connectivity index (χ1v) is 11.9. The van der Waals surface area contributed by atoms with E-state index in [1.54, 1.807) is 0 Å². The molecule has 7 nitrogen and oxygen atoms in total. The Kier molecular flexibility index (Phi) is 7.54. The number of rotatable bonds is 8. The number of hydrogen-bond donors (Lipinski definition) is 0. The molecule has 11 heteroatoms. The molecule has 1 aromatic carbocycles. The van der Waals surface area contributed by atoms with Gasteiger partial charge in [-0.1, -0.05) is 42.3 Å². The second-order valence-electron chi connectivity index (χ2n) is 9.14.